The van der Waals surface area contributed by atoms with E-state index in [0.717, 1.165) is 23.4 Å². The van der Waals surface area contributed by atoms with Gasteiger partial charge in [-0.25, -0.2) is 0 Å². The highest BCUT2D eigenvalue weighted by Gasteiger charge is 2.59. The molecule has 6 heteroatoms. The predicted octanol–water partition coefficient (Wildman–Crippen LogP) is 4.77. The lowest BCUT2D eigenvalue weighted by molar-refractivity contribution is -0.122. The van der Waals surface area contributed by atoms with Crippen molar-refractivity contribution in [2.24, 2.45) is 0 Å². The number of benzene rings is 3. The van der Waals surface area contributed by atoms with Gasteiger partial charge in [-0.2, -0.15) is 0 Å². The number of anilines is 3. The van der Waals surface area contributed by atoms with Crippen LogP contribution >= 0.6 is 0 Å². The van der Waals surface area contributed by atoms with Crippen LogP contribution in [0.3, 0.4) is 0 Å². The van der Waals surface area contributed by atoms with Crippen molar-refractivity contribution in [3.63, 3.8) is 0 Å². The summed E-state index contributed by atoms with van der Waals surface area (Å²) >= 11 is 0. The van der Waals surface area contributed by atoms with E-state index in [4.69, 9.17) is 4.74 Å². The molecular weight excluding hydrogens is 402 g/mol. The molecule has 2 heterocycles. The number of para-hydroxylation sites is 2. The molecule has 0 saturated heterocycles. The van der Waals surface area contributed by atoms with Gasteiger partial charge in [0.05, 0.1) is 17.9 Å². The van der Waals surface area contributed by atoms with Gasteiger partial charge in [-0.15, -0.1) is 0 Å². The van der Waals surface area contributed by atoms with Crippen LogP contribution in [-0.2, 0) is 10.5 Å². The number of ether oxygens (including phenoxy) is 1. The summed E-state index contributed by atoms with van der Waals surface area (Å²) in [6, 6.07) is 22.4. The Morgan fingerprint density at radius 1 is 0.906 bits per heavy atom. The molecule has 3 aromatic carbocycles. The Labute approximate surface area is 187 Å². The van der Waals surface area contributed by atoms with Gasteiger partial charge in [0.2, 0.25) is 5.66 Å². The van der Waals surface area contributed by atoms with E-state index in [1.54, 1.807) is 15.9 Å². The Kier molecular flexibility index (Phi) is 4.85. The number of hydrogen-bond donors (Lipinski definition) is 1. The molecule has 1 spiro atoms. The summed E-state index contributed by atoms with van der Waals surface area (Å²) in [5, 5.41) is 3.45. The van der Waals surface area contributed by atoms with E-state index in [-0.39, 0.29) is 11.8 Å². The van der Waals surface area contributed by atoms with Crippen molar-refractivity contribution in [3.05, 3.63) is 83.9 Å². The summed E-state index contributed by atoms with van der Waals surface area (Å²) in [6.07, 6.45) is 0.911. The summed E-state index contributed by atoms with van der Waals surface area (Å²) < 4.78 is 5.72. The van der Waals surface area contributed by atoms with Gasteiger partial charge in [0, 0.05) is 23.5 Å². The Balaban J connectivity index is 1.71. The monoisotopic (exact) mass is 427 g/mol. The van der Waals surface area contributed by atoms with E-state index in [0.29, 0.717) is 30.1 Å². The average Bonchev–Trinajstić information content (AvgIpc) is 3.06. The lowest BCUT2D eigenvalue weighted by Crippen LogP contribution is -2.63. The van der Waals surface area contributed by atoms with Crippen molar-refractivity contribution < 1.29 is 14.3 Å². The van der Waals surface area contributed by atoms with Crippen molar-refractivity contribution in [1.82, 2.24) is 0 Å². The number of fused-ring (bicyclic) bond motifs is 3. The number of nitrogens with zero attached hydrogens (tertiary/aromatic N) is 2. The maximum atomic E-state index is 14.0. The Hall–Kier alpha value is -3.80. The number of carbonyl (C=O) groups is 2. The average molecular weight is 428 g/mol. The Morgan fingerprint density at radius 3 is 2.38 bits per heavy atom. The highest BCUT2D eigenvalue weighted by molar-refractivity contribution is 6.22. The molecule has 2 aliphatic heterocycles. The Bertz CT molecular complexity index is 1190. The van der Waals surface area contributed by atoms with Gasteiger partial charge in [-0.1, -0.05) is 37.3 Å². The Morgan fingerprint density at radius 2 is 1.62 bits per heavy atom. The first-order valence-corrected chi connectivity index (χ1v) is 11.0. The molecule has 0 aromatic heterocycles. The fourth-order valence-corrected chi connectivity index (χ4v) is 4.61. The van der Waals surface area contributed by atoms with E-state index < -0.39 is 5.66 Å². The molecule has 0 fully saturated rings. The van der Waals surface area contributed by atoms with Gasteiger partial charge < -0.3 is 15.0 Å². The van der Waals surface area contributed by atoms with Crippen LogP contribution in [0.1, 0.15) is 36.2 Å². The topological polar surface area (TPSA) is 61.9 Å². The standard InChI is InChI=1S/C26H25N3O3/c1-3-17-32-19-15-13-18(14-16-19)29-24(30)20-9-5-7-11-22(20)27-26(29)21-10-6-8-12-23(21)28(4-2)25(26)31/h5-16,27H,3-4,17H2,1-2H3. The first-order chi connectivity index (χ1) is 15.6. The quantitative estimate of drug-likeness (QED) is 0.637. The molecule has 1 N–H and O–H groups in total. The smallest absolute Gasteiger partial charge is 0.279 e. The normalized spacial score (nSPS) is 19.1. The van der Waals surface area contributed by atoms with Crippen molar-refractivity contribution >= 4 is 28.9 Å². The van der Waals surface area contributed by atoms with Crippen LogP contribution in [0.2, 0.25) is 0 Å². The van der Waals surface area contributed by atoms with Gasteiger partial charge in [-0.05, 0) is 55.8 Å². The molecule has 32 heavy (non-hydrogen) atoms. The summed E-state index contributed by atoms with van der Waals surface area (Å²) in [5.41, 5.74) is 2.03. The minimum atomic E-state index is -1.36. The molecule has 2 amide bonds. The molecule has 0 aliphatic carbocycles. The maximum Gasteiger partial charge on any atom is 0.279 e. The van der Waals surface area contributed by atoms with E-state index in [9.17, 15) is 9.59 Å². The first-order valence-electron chi connectivity index (χ1n) is 11.0. The fourth-order valence-electron chi connectivity index (χ4n) is 4.61. The third-order valence-electron chi connectivity index (χ3n) is 6.03. The third kappa shape index (κ3) is 2.79. The van der Waals surface area contributed by atoms with Crippen molar-refractivity contribution in [1.29, 1.82) is 0 Å². The van der Waals surface area contributed by atoms with E-state index in [2.05, 4.69) is 12.2 Å². The predicted molar refractivity (Wildman–Crippen MR) is 125 cm³/mol. The number of hydrogen-bond acceptors (Lipinski definition) is 4. The first kappa shape index (κ1) is 20.1. The van der Waals surface area contributed by atoms with Crippen molar-refractivity contribution in [2.45, 2.75) is 25.9 Å². The van der Waals surface area contributed by atoms with Crippen LogP contribution in [0.15, 0.2) is 72.8 Å². The third-order valence-corrected chi connectivity index (χ3v) is 6.03. The zero-order valence-electron chi connectivity index (χ0n) is 18.2. The summed E-state index contributed by atoms with van der Waals surface area (Å²) in [4.78, 5) is 31.2. The lowest BCUT2D eigenvalue weighted by atomic mass is 9.92. The van der Waals surface area contributed by atoms with E-state index in [1.165, 1.54) is 0 Å². The van der Waals surface area contributed by atoms with Crippen molar-refractivity contribution in [3.8, 4) is 5.75 Å². The number of likely N-dealkylation sites (N-methyl/N-ethyl adjacent to an activating group) is 1. The molecule has 3 aromatic rings. The van der Waals surface area contributed by atoms with Gasteiger partial charge in [0.15, 0.2) is 0 Å². The van der Waals surface area contributed by atoms with Crippen molar-refractivity contribution in [2.75, 3.05) is 28.3 Å². The second-order valence-electron chi connectivity index (χ2n) is 7.93. The lowest BCUT2D eigenvalue weighted by Gasteiger charge is -2.45. The minimum absolute atomic E-state index is 0.171. The summed E-state index contributed by atoms with van der Waals surface area (Å²) in [5.74, 6) is 0.342. The number of amides is 2. The van der Waals surface area contributed by atoms with Crippen LogP contribution in [0.5, 0.6) is 5.75 Å². The summed E-state index contributed by atoms with van der Waals surface area (Å²) in [7, 11) is 0. The van der Waals surface area contributed by atoms with Crippen LogP contribution in [0.25, 0.3) is 0 Å². The molecule has 5 rings (SSSR count). The van der Waals surface area contributed by atoms with E-state index >= 15 is 0 Å². The molecular formula is C26H25N3O3. The summed E-state index contributed by atoms with van der Waals surface area (Å²) in [6.45, 7) is 5.12. The largest absolute Gasteiger partial charge is 0.494 e. The molecule has 162 valence electrons. The molecule has 1 unspecified atom stereocenters. The fraction of sp³-hybridized carbons (Fsp3) is 0.231. The maximum absolute atomic E-state index is 14.0. The van der Waals surface area contributed by atoms with Crippen LogP contribution < -0.4 is 19.9 Å². The highest BCUT2D eigenvalue weighted by Crippen LogP contribution is 2.49. The second kappa shape index (κ2) is 7.71. The molecule has 1 atom stereocenters. The molecule has 0 bridgehead atoms. The van der Waals surface area contributed by atoms with Crippen LogP contribution in [0.4, 0.5) is 17.1 Å². The molecule has 0 saturated carbocycles. The SMILES string of the molecule is CCCOc1ccc(N2C(=O)c3ccccc3NC23C(=O)N(CC)c2ccccc23)cc1. The number of nitrogens with one attached hydrogen (secondary N) is 1. The molecule has 6 nitrogen and oxygen atoms in total. The number of carbonyl (C=O) groups excluding carboxylic acids is 2. The van der Waals surface area contributed by atoms with Gasteiger partial charge in [-0.3, -0.25) is 14.5 Å². The van der Waals surface area contributed by atoms with Crippen LogP contribution in [0, 0.1) is 0 Å². The second-order valence-corrected chi connectivity index (χ2v) is 7.93. The van der Waals surface area contributed by atoms with Crippen LogP contribution in [-0.4, -0.2) is 25.0 Å². The number of rotatable bonds is 5. The highest BCUT2D eigenvalue weighted by atomic mass is 16.5. The van der Waals surface area contributed by atoms with E-state index in [1.807, 2.05) is 73.7 Å². The molecule has 2 aliphatic rings. The zero-order chi connectivity index (χ0) is 22.3. The molecule has 0 radical (unpaired) electrons. The minimum Gasteiger partial charge on any atom is -0.494 e. The zero-order valence-corrected chi connectivity index (χ0v) is 18.2. The van der Waals surface area contributed by atoms with Gasteiger partial charge >= 0.3 is 0 Å². The van der Waals surface area contributed by atoms with Gasteiger partial charge in [0.25, 0.3) is 11.8 Å². The van der Waals surface area contributed by atoms with Gasteiger partial charge in [0.1, 0.15) is 5.75 Å².